The fraction of sp³-hybridized carbons (Fsp3) is 0.167. The van der Waals surface area contributed by atoms with E-state index in [0.29, 0.717) is 5.69 Å². The molecule has 0 aliphatic heterocycles. The van der Waals surface area contributed by atoms with Crippen molar-refractivity contribution in [1.29, 1.82) is 0 Å². The van der Waals surface area contributed by atoms with Crippen LogP contribution in [0.1, 0.15) is 29.3 Å². The Labute approximate surface area is 134 Å². The molecular formula is C18H17N3O2. The van der Waals surface area contributed by atoms with Crippen molar-refractivity contribution in [3.05, 3.63) is 65.9 Å². The minimum absolute atomic E-state index is 0.225. The molecular weight excluding hydrogens is 290 g/mol. The molecule has 3 rings (SSSR count). The Morgan fingerprint density at radius 3 is 2.65 bits per heavy atom. The Morgan fingerprint density at radius 1 is 1.17 bits per heavy atom. The van der Waals surface area contributed by atoms with Gasteiger partial charge in [-0.1, -0.05) is 48.9 Å². The Kier molecular flexibility index (Phi) is 4.19. The molecule has 0 aliphatic carbocycles. The summed E-state index contributed by atoms with van der Waals surface area (Å²) in [6, 6.07) is 14.9. The predicted octanol–water partition coefficient (Wildman–Crippen LogP) is 3.59. The molecule has 0 amide bonds. The zero-order valence-electron chi connectivity index (χ0n) is 12.8. The average molecular weight is 307 g/mol. The van der Waals surface area contributed by atoms with E-state index in [4.69, 9.17) is 5.11 Å². The maximum Gasteiger partial charge on any atom is 0.335 e. The number of nitrogens with zero attached hydrogens (tertiary/aromatic N) is 3. The van der Waals surface area contributed by atoms with Gasteiger partial charge in [-0.15, -0.1) is 5.10 Å². The van der Waals surface area contributed by atoms with Gasteiger partial charge < -0.3 is 5.11 Å². The van der Waals surface area contributed by atoms with Gasteiger partial charge in [0.25, 0.3) is 0 Å². The summed E-state index contributed by atoms with van der Waals surface area (Å²) in [6.07, 6.45) is 3.99. The van der Waals surface area contributed by atoms with Gasteiger partial charge in [0.2, 0.25) is 0 Å². The van der Waals surface area contributed by atoms with Gasteiger partial charge in [0.15, 0.2) is 0 Å². The van der Waals surface area contributed by atoms with Crippen molar-refractivity contribution < 1.29 is 9.90 Å². The van der Waals surface area contributed by atoms with Gasteiger partial charge in [-0.2, -0.15) is 0 Å². The molecule has 0 aliphatic rings. The molecule has 0 radical (unpaired) electrons. The molecule has 0 bridgehead atoms. The lowest BCUT2D eigenvalue weighted by Gasteiger charge is -2.01. The summed E-state index contributed by atoms with van der Waals surface area (Å²) in [5.41, 5.74) is 3.95. The van der Waals surface area contributed by atoms with Crippen molar-refractivity contribution in [2.24, 2.45) is 0 Å². The second-order valence-electron chi connectivity index (χ2n) is 5.35. The van der Waals surface area contributed by atoms with Gasteiger partial charge in [0.05, 0.1) is 17.4 Å². The maximum absolute atomic E-state index is 11.1. The lowest BCUT2D eigenvalue weighted by atomic mass is 10.1. The molecule has 0 saturated heterocycles. The molecule has 3 aromatic rings. The number of carboxylic acids is 1. The van der Waals surface area contributed by atoms with Gasteiger partial charge >= 0.3 is 5.97 Å². The Balaban J connectivity index is 1.88. The molecule has 23 heavy (non-hydrogen) atoms. The van der Waals surface area contributed by atoms with Crippen LogP contribution in [0.2, 0.25) is 0 Å². The molecule has 1 aromatic heterocycles. The van der Waals surface area contributed by atoms with E-state index >= 15 is 0 Å². The highest BCUT2D eigenvalue weighted by Gasteiger charge is 2.08. The van der Waals surface area contributed by atoms with Gasteiger partial charge in [-0.3, -0.25) is 0 Å². The van der Waals surface area contributed by atoms with Gasteiger partial charge in [0, 0.05) is 5.56 Å². The van der Waals surface area contributed by atoms with E-state index in [2.05, 4.69) is 29.4 Å². The number of aromatic carboxylic acids is 1. The molecule has 0 atom stereocenters. The molecule has 2 aromatic carbocycles. The van der Waals surface area contributed by atoms with Crippen molar-refractivity contribution in [1.82, 2.24) is 15.0 Å². The Bertz CT molecular complexity index is 822. The van der Waals surface area contributed by atoms with Crippen molar-refractivity contribution in [3.63, 3.8) is 0 Å². The fourth-order valence-electron chi connectivity index (χ4n) is 2.43. The van der Waals surface area contributed by atoms with Crippen molar-refractivity contribution >= 4 is 5.97 Å². The summed E-state index contributed by atoms with van der Waals surface area (Å²) in [7, 11) is 0. The highest BCUT2D eigenvalue weighted by atomic mass is 16.4. The standard InChI is InChI=1S/C18H17N3O2/c1-2-4-13-7-9-14(10-8-13)17-12-21(20-19-17)16-6-3-5-15(11-16)18(22)23/h3,5-12H,2,4H2,1H3,(H,22,23). The highest BCUT2D eigenvalue weighted by molar-refractivity contribution is 5.88. The summed E-state index contributed by atoms with van der Waals surface area (Å²) in [5.74, 6) is -0.960. The SMILES string of the molecule is CCCc1ccc(-c2cn(-c3cccc(C(=O)O)c3)nn2)cc1. The third-order valence-electron chi connectivity index (χ3n) is 3.64. The van der Waals surface area contributed by atoms with Crippen LogP contribution in [-0.2, 0) is 6.42 Å². The van der Waals surface area contributed by atoms with Gasteiger partial charge in [-0.25, -0.2) is 9.48 Å². The molecule has 0 fully saturated rings. The first-order valence-corrected chi connectivity index (χ1v) is 7.53. The van der Waals surface area contributed by atoms with Crippen LogP contribution >= 0.6 is 0 Å². The van der Waals surface area contributed by atoms with Crippen LogP contribution in [0.5, 0.6) is 0 Å². The topological polar surface area (TPSA) is 68.0 Å². The molecule has 0 saturated carbocycles. The first-order valence-electron chi connectivity index (χ1n) is 7.53. The first kappa shape index (κ1) is 15.0. The summed E-state index contributed by atoms with van der Waals surface area (Å²) >= 11 is 0. The fourth-order valence-corrected chi connectivity index (χ4v) is 2.43. The van der Waals surface area contributed by atoms with E-state index in [1.165, 1.54) is 5.56 Å². The third kappa shape index (κ3) is 3.29. The Morgan fingerprint density at radius 2 is 1.96 bits per heavy atom. The van der Waals surface area contributed by atoms with Crippen LogP contribution in [-0.4, -0.2) is 26.1 Å². The van der Waals surface area contributed by atoms with Crippen LogP contribution in [0.3, 0.4) is 0 Å². The quantitative estimate of drug-likeness (QED) is 0.782. The number of hydrogen-bond acceptors (Lipinski definition) is 3. The number of aromatic nitrogens is 3. The summed E-state index contributed by atoms with van der Waals surface area (Å²) in [5, 5.41) is 17.3. The van der Waals surface area contributed by atoms with E-state index in [1.807, 2.05) is 12.1 Å². The van der Waals surface area contributed by atoms with E-state index in [1.54, 1.807) is 35.1 Å². The van der Waals surface area contributed by atoms with E-state index in [0.717, 1.165) is 24.1 Å². The minimum Gasteiger partial charge on any atom is -0.478 e. The van der Waals surface area contributed by atoms with Crippen LogP contribution in [0.4, 0.5) is 0 Å². The molecule has 1 heterocycles. The van der Waals surface area contributed by atoms with E-state index < -0.39 is 5.97 Å². The molecule has 0 spiro atoms. The lowest BCUT2D eigenvalue weighted by molar-refractivity contribution is 0.0697. The third-order valence-corrected chi connectivity index (χ3v) is 3.64. The molecule has 0 unspecified atom stereocenters. The summed E-state index contributed by atoms with van der Waals surface area (Å²) < 4.78 is 1.59. The zero-order chi connectivity index (χ0) is 16.2. The maximum atomic E-state index is 11.1. The monoisotopic (exact) mass is 307 g/mol. The number of carboxylic acid groups (broad SMARTS) is 1. The van der Waals surface area contributed by atoms with Crippen LogP contribution in [0, 0.1) is 0 Å². The van der Waals surface area contributed by atoms with Crippen molar-refractivity contribution in [2.45, 2.75) is 19.8 Å². The smallest absolute Gasteiger partial charge is 0.335 e. The number of aryl methyl sites for hydroxylation is 1. The molecule has 1 N–H and O–H groups in total. The Hall–Kier alpha value is -2.95. The van der Waals surface area contributed by atoms with E-state index in [-0.39, 0.29) is 5.56 Å². The first-order chi connectivity index (χ1) is 11.2. The zero-order valence-corrected chi connectivity index (χ0v) is 12.8. The predicted molar refractivity (Wildman–Crippen MR) is 87.7 cm³/mol. The summed E-state index contributed by atoms with van der Waals surface area (Å²) in [4.78, 5) is 11.1. The normalized spacial score (nSPS) is 10.7. The second kappa shape index (κ2) is 6.44. The van der Waals surface area contributed by atoms with Gasteiger partial charge in [0.1, 0.15) is 5.69 Å². The number of rotatable bonds is 5. The average Bonchev–Trinajstić information content (AvgIpc) is 3.06. The van der Waals surface area contributed by atoms with Crippen LogP contribution < -0.4 is 0 Å². The second-order valence-corrected chi connectivity index (χ2v) is 5.35. The van der Waals surface area contributed by atoms with E-state index in [9.17, 15) is 4.79 Å². The lowest BCUT2D eigenvalue weighted by Crippen LogP contribution is -2.00. The van der Waals surface area contributed by atoms with Gasteiger partial charge in [-0.05, 0) is 30.2 Å². The van der Waals surface area contributed by atoms with Crippen LogP contribution in [0.15, 0.2) is 54.7 Å². The largest absolute Gasteiger partial charge is 0.478 e. The highest BCUT2D eigenvalue weighted by Crippen LogP contribution is 2.19. The number of carbonyl (C=O) groups is 1. The molecule has 5 heteroatoms. The number of benzene rings is 2. The minimum atomic E-state index is -0.960. The van der Waals surface area contributed by atoms with Crippen molar-refractivity contribution in [3.8, 4) is 16.9 Å². The van der Waals surface area contributed by atoms with Crippen molar-refractivity contribution in [2.75, 3.05) is 0 Å². The molecule has 116 valence electrons. The summed E-state index contributed by atoms with van der Waals surface area (Å²) in [6.45, 7) is 2.16. The number of hydrogen-bond donors (Lipinski definition) is 1. The molecule has 5 nitrogen and oxygen atoms in total. The van der Waals surface area contributed by atoms with Crippen LogP contribution in [0.25, 0.3) is 16.9 Å².